The van der Waals surface area contributed by atoms with Crippen LogP contribution in [0.1, 0.15) is 6.42 Å². The van der Waals surface area contributed by atoms with Gasteiger partial charge in [-0.2, -0.15) is 0 Å². The van der Waals surface area contributed by atoms with Crippen molar-refractivity contribution in [3.05, 3.63) is 18.3 Å². The summed E-state index contributed by atoms with van der Waals surface area (Å²) in [6, 6.07) is 3.65. The van der Waals surface area contributed by atoms with E-state index in [-0.39, 0.29) is 6.10 Å². The van der Waals surface area contributed by atoms with Crippen LogP contribution < -0.4 is 14.8 Å². The van der Waals surface area contributed by atoms with Gasteiger partial charge >= 0.3 is 0 Å². The van der Waals surface area contributed by atoms with Crippen LogP contribution in [0.2, 0.25) is 0 Å². The lowest BCUT2D eigenvalue weighted by Gasteiger charge is -2.12. The van der Waals surface area contributed by atoms with E-state index < -0.39 is 0 Å². The summed E-state index contributed by atoms with van der Waals surface area (Å²) in [5.41, 5.74) is 0. The van der Waals surface area contributed by atoms with Crippen LogP contribution in [0.3, 0.4) is 0 Å². The Morgan fingerprint density at radius 3 is 3.21 bits per heavy atom. The molecule has 4 heteroatoms. The lowest BCUT2D eigenvalue weighted by atomic mass is 10.3. The Morgan fingerprint density at radius 1 is 1.57 bits per heavy atom. The van der Waals surface area contributed by atoms with E-state index in [2.05, 4.69) is 10.3 Å². The minimum Gasteiger partial charge on any atom is -0.489 e. The molecule has 1 saturated heterocycles. The van der Waals surface area contributed by atoms with Crippen LogP contribution in [-0.4, -0.2) is 31.3 Å². The fourth-order valence-corrected chi connectivity index (χ4v) is 1.50. The highest BCUT2D eigenvalue weighted by Crippen LogP contribution is 2.18. The molecule has 1 fully saturated rings. The number of hydrogen-bond acceptors (Lipinski definition) is 4. The average Bonchev–Trinajstić information content (AvgIpc) is 2.71. The second-order valence-electron chi connectivity index (χ2n) is 3.27. The summed E-state index contributed by atoms with van der Waals surface area (Å²) in [6.07, 6.45) is 3.03. The predicted octanol–water partition coefficient (Wildman–Crippen LogP) is 0.831. The third-order valence-corrected chi connectivity index (χ3v) is 2.23. The monoisotopic (exact) mass is 194 g/mol. The summed E-state index contributed by atoms with van der Waals surface area (Å²) in [5.74, 6) is 1.42. The summed E-state index contributed by atoms with van der Waals surface area (Å²) in [7, 11) is 1.60. The van der Waals surface area contributed by atoms with Gasteiger partial charge in [-0.25, -0.2) is 4.98 Å². The molecule has 1 atom stereocenters. The molecule has 1 N–H and O–H groups in total. The zero-order chi connectivity index (χ0) is 9.80. The van der Waals surface area contributed by atoms with Crippen molar-refractivity contribution in [1.29, 1.82) is 0 Å². The van der Waals surface area contributed by atoms with E-state index >= 15 is 0 Å². The summed E-state index contributed by atoms with van der Waals surface area (Å²) in [6.45, 7) is 1.96. The molecule has 0 bridgehead atoms. The lowest BCUT2D eigenvalue weighted by molar-refractivity contribution is 0.221. The zero-order valence-corrected chi connectivity index (χ0v) is 8.19. The highest BCUT2D eigenvalue weighted by molar-refractivity contribution is 5.26. The Bertz CT molecular complexity index is 298. The summed E-state index contributed by atoms with van der Waals surface area (Å²) < 4.78 is 10.7. The van der Waals surface area contributed by atoms with Gasteiger partial charge < -0.3 is 14.8 Å². The standard InChI is InChI=1S/C10H14N2O2/c1-13-10-6-8(3-5-12-10)14-9-2-4-11-7-9/h3,5-6,9,11H,2,4,7H2,1H3/t9-/m1/s1. The van der Waals surface area contributed by atoms with Gasteiger partial charge in [-0.15, -0.1) is 0 Å². The van der Waals surface area contributed by atoms with Crippen molar-refractivity contribution < 1.29 is 9.47 Å². The number of rotatable bonds is 3. The minimum atomic E-state index is 0.280. The third kappa shape index (κ3) is 2.14. The first-order valence-corrected chi connectivity index (χ1v) is 4.76. The topological polar surface area (TPSA) is 43.4 Å². The molecule has 0 radical (unpaired) electrons. The largest absolute Gasteiger partial charge is 0.489 e. The second-order valence-corrected chi connectivity index (χ2v) is 3.27. The van der Waals surface area contributed by atoms with Crippen LogP contribution in [0.5, 0.6) is 11.6 Å². The molecule has 4 nitrogen and oxygen atoms in total. The van der Waals surface area contributed by atoms with Crippen molar-refractivity contribution >= 4 is 0 Å². The van der Waals surface area contributed by atoms with Gasteiger partial charge in [0.1, 0.15) is 11.9 Å². The number of nitrogens with one attached hydrogen (secondary N) is 1. The van der Waals surface area contributed by atoms with Gasteiger partial charge in [0.05, 0.1) is 7.11 Å². The molecule has 0 aromatic carbocycles. The number of hydrogen-bond donors (Lipinski definition) is 1. The summed E-state index contributed by atoms with van der Waals surface area (Å²) in [5, 5.41) is 3.25. The molecule has 1 aromatic rings. The first-order chi connectivity index (χ1) is 6.88. The molecule has 2 heterocycles. The normalized spacial score (nSPS) is 20.8. The number of nitrogens with zero attached hydrogens (tertiary/aromatic N) is 1. The number of ether oxygens (including phenoxy) is 2. The summed E-state index contributed by atoms with van der Waals surface area (Å²) >= 11 is 0. The molecule has 0 spiro atoms. The zero-order valence-electron chi connectivity index (χ0n) is 8.19. The van der Waals surface area contributed by atoms with E-state index in [1.807, 2.05) is 6.07 Å². The van der Waals surface area contributed by atoms with Gasteiger partial charge in [0.25, 0.3) is 0 Å². The van der Waals surface area contributed by atoms with Crippen molar-refractivity contribution in [2.75, 3.05) is 20.2 Å². The Morgan fingerprint density at radius 2 is 2.50 bits per heavy atom. The molecule has 76 valence electrons. The quantitative estimate of drug-likeness (QED) is 0.774. The molecule has 0 amide bonds. The molecule has 0 saturated carbocycles. The first kappa shape index (κ1) is 9.27. The molecule has 1 aliphatic rings. The minimum absolute atomic E-state index is 0.280. The Balaban J connectivity index is 2.00. The van der Waals surface area contributed by atoms with Gasteiger partial charge in [-0.3, -0.25) is 0 Å². The SMILES string of the molecule is COc1cc(O[C@@H]2CCNC2)ccn1. The molecule has 0 aliphatic carbocycles. The maximum absolute atomic E-state index is 5.74. The smallest absolute Gasteiger partial charge is 0.216 e. The highest BCUT2D eigenvalue weighted by Gasteiger charge is 2.15. The molecular weight excluding hydrogens is 180 g/mol. The van der Waals surface area contributed by atoms with Crippen molar-refractivity contribution in [1.82, 2.24) is 10.3 Å². The van der Waals surface area contributed by atoms with Crippen molar-refractivity contribution in [2.24, 2.45) is 0 Å². The Kier molecular flexibility index (Phi) is 2.84. The molecule has 0 unspecified atom stereocenters. The van der Waals surface area contributed by atoms with Crippen LogP contribution in [-0.2, 0) is 0 Å². The fourth-order valence-electron chi connectivity index (χ4n) is 1.50. The fraction of sp³-hybridized carbons (Fsp3) is 0.500. The number of pyridine rings is 1. The second kappa shape index (κ2) is 4.28. The van der Waals surface area contributed by atoms with Gasteiger partial charge in [0, 0.05) is 18.8 Å². The van der Waals surface area contributed by atoms with Crippen LogP contribution in [0.25, 0.3) is 0 Å². The maximum Gasteiger partial charge on any atom is 0.216 e. The van der Waals surface area contributed by atoms with E-state index in [4.69, 9.17) is 9.47 Å². The number of methoxy groups -OCH3 is 1. The van der Waals surface area contributed by atoms with E-state index in [1.165, 1.54) is 0 Å². The summed E-state index contributed by atoms with van der Waals surface area (Å²) in [4.78, 5) is 4.01. The Hall–Kier alpha value is -1.29. The van der Waals surface area contributed by atoms with Crippen LogP contribution in [0.4, 0.5) is 0 Å². The van der Waals surface area contributed by atoms with Crippen molar-refractivity contribution in [3.63, 3.8) is 0 Å². The first-order valence-electron chi connectivity index (χ1n) is 4.76. The van der Waals surface area contributed by atoms with Crippen molar-refractivity contribution in [3.8, 4) is 11.6 Å². The van der Waals surface area contributed by atoms with Crippen LogP contribution in [0, 0.1) is 0 Å². The highest BCUT2D eigenvalue weighted by atomic mass is 16.5. The van der Waals surface area contributed by atoms with Gasteiger partial charge in [0.2, 0.25) is 5.88 Å². The van der Waals surface area contributed by atoms with Crippen LogP contribution >= 0.6 is 0 Å². The average molecular weight is 194 g/mol. The van der Waals surface area contributed by atoms with E-state index in [0.29, 0.717) is 5.88 Å². The number of aromatic nitrogens is 1. The molecule has 1 aromatic heterocycles. The van der Waals surface area contributed by atoms with Crippen molar-refractivity contribution in [2.45, 2.75) is 12.5 Å². The maximum atomic E-state index is 5.74. The van der Waals surface area contributed by atoms with Gasteiger partial charge in [-0.1, -0.05) is 0 Å². The molecule has 14 heavy (non-hydrogen) atoms. The molecular formula is C10H14N2O2. The third-order valence-electron chi connectivity index (χ3n) is 2.23. The van der Waals surface area contributed by atoms with E-state index in [1.54, 1.807) is 19.4 Å². The van der Waals surface area contributed by atoms with Gasteiger partial charge in [-0.05, 0) is 19.0 Å². The van der Waals surface area contributed by atoms with E-state index in [9.17, 15) is 0 Å². The van der Waals surface area contributed by atoms with Gasteiger partial charge in [0.15, 0.2) is 0 Å². The molecule has 1 aliphatic heterocycles. The van der Waals surface area contributed by atoms with Crippen LogP contribution in [0.15, 0.2) is 18.3 Å². The predicted molar refractivity (Wildman–Crippen MR) is 52.7 cm³/mol. The lowest BCUT2D eigenvalue weighted by Crippen LogP contribution is -2.19. The van der Waals surface area contributed by atoms with E-state index in [0.717, 1.165) is 25.3 Å². The Labute approximate surface area is 83.2 Å². The molecule has 2 rings (SSSR count).